The molecule has 0 aliphatic heterocycles. The maximum Gasteiger partial charge on any atom is 0.0541 e. The highest BCUT2D eigenvalue weighted by atomic mass is 32.1. The Morgan fingerprint density at radius 3 is 0.687 bits per heavy atom. The summed E-state index contributed by atoms with van der Waals surface area (Å²) in [5.74, 6) is 0. The number of nitrogens with zero attached hydrogens (tertiary/aromatic N) is 3. The van der Waals surface area contributed by atoms with Gasteiger partial charge >= 0.3 is 0 Å². The second-order valence-electron chi connectivity index (χ2n) is 38.8. The molecular formula is C144H93N3S3. The first-order valence-corrected chi connectivity index (χ1v) is 53.7. The van der Waals surface area contributed by atoms with Crippen LogP contribution >= 0.6 is 34.0 Å². The van der Waals surface area contributed by atoms with Crippen LogP contribution < -0.4 is 0 Å². The number of hydrogen-bond acceptors (Lipinski definition) is 3. The van der Waals surface area contributed by atoms with Crippen molar-refractivity contribution in [2.24, 2.45) is 0 Å². The number of benzene rings is 24. The fourth-order valence-corrected chi connectivity index (χ4v) is 26.3. The molecule has 3 nitrogen and oxygen atoms in total. The van der Waals surface area contributed by atoms with Crippen molar-refractivity contribution in [2.75, 3.05) is 0 Å². The summed E-state index contributed by atoms with van der Waals surface area (Å²) < 4.78 is 15.4. The van der Waals surface area contributed by atoms with Crippen molar-refractivity contribution in [3.63, 3.8) is 0 Å². The average Bonchev–Trinajstić information content (AvgIpc) is 1.58. The fraction of sp³-hybridized carbons (Fsp3) is 0. The molecule has 30 aromatic rings. The van der Waals surface area contributed by atoms with Crippen molar-refractivity contribution >= 4 is 160 Å². The van der Waals surface area contributed by atoms with E-state index in [-0.39, 0.29) is 0 Å². The van der Waals surface area contributed by atoms with E-state index in [1.807, 2.05) is 34.0 Å². The Kier molecular flexibility index (Phi) is 22.6. The molecule has 702 valence electrons. The molecular weight excluding hydrogens is 1870 g/mol. The average molecular weight is 1960 g/mol. The van der Waals surface area contributed by atoms with Crippen molar-refractivity contribution in [1.29, 1.82) is 0 Å². The largest absolute Gasteiger partial charge is 0.309 e. The molecule has 0 amide bonds. The number of fused-ring (bicyclic) bond motifs is 18. The zero-order valence-corrected chi connectivity index (χ0v) is 84.2. The summed E-state index contributed by atoms with van der Waals surface area (Å²) in [6.07, 6.45) is 0. The third-order valence-electron chi connectivity index (χ3n) is 30.0. The van der Waals surface area contributed by atoms with E-state index in [0.717, 1.165) is 0 Å². The van der Waals surface area contributed by atoms with Crippen LogP contribution in [0.1, 0.15) is 0 Å². The first-order valence-electron chi connectivity index (χ1n) is 51.3. The van der Waals surface area contributed by atoms with Crippen LogP contribution in [0.25, 0.3) is 277 Å². The van der Waals surface area contributed by atoms with E-state index in [0.29, 0.717) is 0 Å². The summed E-state index contributed by atoms with van der Waals surface area (Å²) in [7, 11) is 0. The molecule has 0 spiro atoms. The molecule has 0 saturated carbocycles. The van der Waals surface area contributed by atoms with Crippen LogP contribution in [-0.2, 0) is 0 Å². The number of rotatable bonds is 15. The zero-order valence-electron chi connectivity index (χ0n) is 81.8. The summed E-state index contributed by atoms with van der Waals surface area (Å²) in [5.41, 5.74) is 40.0. The molecule has 24 aromatic carbocycles. The zero-order chi connectivity index (χ0) is 99.1. The summed E-state index contributed by atoms with van der Waals surface area (Å²) in [6, 6.07) is 206. The second kappa shape index (κ2) is 38.1. The Labute approximate surface area is 881 Å². The Hall–Kier alpha value is -18.7. The third-order valence-corrected chi connectivity index (χ3v) is 33.5. The monoisotopic (exact) mass is 1960 g/mol. The number of hydrogen-bond donors (Lipinski definition) is 0. The van der Waals surface area contributed by atoms with Gasteiger partial charge < -0.3 is 13.7 Å². The molecule has 0 bridgehead atoms. The lowest BCUT2D eigenvalue weighted by Gasteiger charge is -2.15. The highest BCUT2D eigenvalue weighted by Gasteiger charge is 2.25. The van der Waals surface area contributed by atoms with E-state index in [4.69, 9.17) is 0 Å². The molecule has 30 rings (SSSR count). The SMILES string of the molecule is c1ccc(-c2ccc3c(c2)c2cc(-c4ccccc4)ccc2n3-c2ccccc2-c2cccc(-c3ccc4c(c3)sc3ccccc34)c2)cc1.c1ccc(-c2ccc3c(c2)c2cc(-c4ccccc4)ccc2n3-c2ccccc2-c2cccc(-c3ccc4sc5ccccc5c4c3)c2)cc1.c1ccc(-c2ccc3c(c2)c2cc(-c4ccccc4)ccc2n3-c2ccccc2-c2cccc(-c3cccc4c3sc3ccccc34)c2)cc1. The lowest BCUT2D eigenvalue weighted by molar-refractivity contribution is 1.18. The van der Waals surface area contributed by atoms with Crippen LogP contribution in [0.5, 0.6) is 0 Å². The van der Waals surface area contributed by atoms with Crippen molar-refractivity contribution in [3.8, 4) is 151 Å². The number of thiophene rings is 3. The fourth-order valence-electron chi connectivity index (χ4n) is 22.8. The van der Waals surface area contributed by atoms with Crippen molar-refractivity contribution in [2.45, 2.75) is 0 Å². The van der Waals surface area contributed by atoms with Crippen LogP contribution in [0.2, 0.25) is 0 Å². The predicted octanol–water partition coefficient (Wildman–Crippen LogP) is 41.5. The normalized spacial score (nSPS) is 11.6. The van der Waals surface area contributed by atoms with Gasteiger partial charge in [0.05, 0.1) is 50.2 Å². The molecule has 6 aromatic heterocycles. The summed E-state index contributed by atoms with van der Waals surface area (Å²) in [4.78, 5) is 0. The van der Waals surface area contributed by atoms with Gasteiger partial charge in [-0.3, -0.25) is 0 Å². The molecule has 6 heterocycles. The highest BCUT2D eigenvalue weighted by molar-refractivity contribution is 7.27. The predicted molar refractivity (Wildman–Crippen MR) is 646 cm³/mol. The van der Waals surface area contributed by atoms with Gasteiger partial charge in [-0.2, -0.15) is 0 Å². The quantitative estimate of drug-likeness (QED) is 0.0972. The summed E-state index contributed by atoms with van der Waals surface area (Å²) in [5, 5.41) is 15.5. The number of aromatic nitrogens is 3. The maximum absolute atomic E-state index is 2.46. The van der Waals surface area contributed by atoms with Crippen LogP contribution in [0.3, 0.4) is 0 Å². The lowest BCUT2D eigenvalue weighted by atomic mass is 9.97. The van der Waals surface area contributed by atoms with E-state index in [2.05, 4.69) is 578 Å². The Balaban J connectivity index is 0.000000108. The van der Waals surface area contributed by atoms with Crippen LogP contribution in [0.4, 0.5) is 0 Å². The molecule has 0 N–H and O–H groups in total. The Bertz CT molecular complexity index is 10200. The molecule has 0 unspecified atom stereocenters. The van der Waals surface area contributed by atoms with Gasteiger partial charge in [-0.05, 0) is 262 Å². The Morgan fingerprint density at radius 2 is 0.320 bits per heavy atom. The maximum atomic E-state index is 2.46. The van der Waals surface area contributed by atoms with Crippen LogP contribution in [0, 0.1) is 0 Å². The van der Waals surface area contributed by atoms with E-state index in [9.17, 15) is 0 Å². The molecule has 0 saturated heterocycles. The summed E-state index contributed by atoms with van der Waals surface area (Å²) >= 11 is 5.62. The van der Waals surface area contributed by atoms with Crippen molar-refractivity contribution in [1.82, 2.24) is 13.7 Å². The molecule has 6 heteroatoms. The molecule has 0 radical (unpaired) electrons. The van der Waals surface area contributed by atoms with Crippen LogP contribution in [-0.4, -0.2) is 13.7 Å². The third kappa shape index (κ3) is 16.1. The molecule has 0 fully saturated rings. The van der Waals surface area contributed by atoms with Gasteiger partial charge in [0.1, 0.15) is 0 Å². The van der Waals surface area contributed by atoms with Crippen LogP contribution in [0.15, 0.2) is 564 Å². The van der Waals surface area contributed by atoms with E-state index in [1.54, 1.807) is 0 Å². The smallest absolute Gasteiger partial charge is 0.0541 e. The minimum absolute atomic E-state index is 1.17. The van der Waals surface area contributed by atoms with Crippen molar-refractivity contribution < 1.29 is 0 Å². The van der Waals surface area contributed by atoms with E-state index >= 15 is 0 Å². The lowest BCUT2D eigenvalue weighted by Crippen LogP contribution is -1.97. The van der Waals surface area contributed by atoms with E-state index in [1.165, 1.54) is 277 Å². The highest BCUT2D eigenvalue weighted by Crippen LogP contribution is 2.49. The minimum atomic E-state index is 1.17. The molecule has 0 atom stereocenters. The van der Waals surface area contributed by atoms with Gasteiger partial charge in [-0.25, -0.2) is 0 Å². The van der Waals surface area contributed by atoms with E-state index < -0.39 is 0 Å². The first-order chi connectivity index (χ1) is 74.4. The van der Waals surface area contributed by atoms with Gasteiger partial charge in [0.25, 0.3) is 0 Å². The van der Waals surface area contributed by atoms with Gasteiger partial charge in [0.15, 0.2) is 0 Å². The standard InChI is InChI=1S/3C48H31NS/c1-3-13-32(14-4-1)34-25-27-45-42(30-34)43-31-35(33-15-5-2-6-16-33)26-28-46(43)49(45)44-23-9-7-19-38(44)36-17-11-18-37(29-36)39-21-12-22-41-40-20-8-10-24-47(40)50-48(39)41;1-3-12-32(13-4-1)35-23-26-45-42(29-35)43-30-36(33-14-5-2-6-15-33)24-27-46(43)49(45)44-20-9-7-18-39(44)38-17-11-16-34(28-38)37-22-25-41-40-19-8-10-21-47(40)50-48(41)31-37;1-3-12-32(13-4-1)35-22-25-45-41(29-35)42-30-36(33-14-5-2-6-15-33)23-26-46(42)49(45)44-20-9-7-18-39(44)38-17-11-16-34(28-38)37-24-27-48-43(31-37)40-19-8-10-21-47(40)50-48/h3*1-31H. The van der Waals surface area contributed by atoms with Gasteiger partial charge in [-0.1, -0.05) is 419 Å². The first kappa shape index (κ1) is 89.0. The van der Waals surface area contributed by atoms with Gasteiger partial charge in [-0.15, -0.1) is 34.0 Å². The number of para-hydroxylation sites is 3. The summed E-state index contributed by atoms with van der Waals surface area (Å²) in [6.45, 7) is 0. The molecule has 0 aliphatic carbocycles. The molecule has 150 heavy (non-hydrogen) atoms. The molecule has 0 aliphatic rings. The van der Waals surface area contributed by atoms with Gasteiger partial charge in [0, 0.05) is 110 Å². The minimum Gasteiger partial charge on any atom is -0.309 e. The van der Waals surface area contributed by atoms with Gasteiger partial charge in [0.2, 0.25) is 0 Å². The Morgan fingerprint density at radius 1 is 0.107 bits per heavy atom. The second-order valence-corrected chi connectivity index (χ2v) is 42.0. The van der Waals surface area contributed by atoms with Crippen molar-refractivity contribution in [3.05, 3.63) is 564 Å². The topological polar surface area (TPSA) is 14.8 Å².